The van der Waals surface area contributed by atoms with Crippen LogP contribution in [0.4, 0.5) is 0 Å². The SMILES string of the molecule is CC(C)C1CCN(C(C)C(C)CN)CC1. The lowest BCUT2D eigenvalue weighted by atomic mass is 9.85. The molecule has 2 heteroatoms. The van der Waals surface area contributed by atoms with E-state index in [0.717, 1.165) is 18.4 Å². The van der Waals surface area contributed by atoms with Crippen molar-refractivity contribution in [2.75, 3.05) is 19.6 Å². The average molecular weight is 212 g/mol. The zero-order valence-corrected chi connectivity index (χ0v) is 10.9. The third kappa shape index (κ3) is 3.46. The van der Waals surface area contributed by atoms with Crippen molar-refractivity contribution in [1.29, 1.82) is 0 Å². The van der Waals surface area contributed by atoms with Gasteiger partial charge in [-0.1, -0.05) is 20.8 Å². The Hall–Kier alpha value is -0.0800. The standard InChI is InChI=1S/C13H28N2/c1-10(2)13-5-7-15(8-6-13)12(4)11(3)9-14/h10-13H,5-9,14H2,1-4H3. The van der Waals surface area contributed by atoms with E-state index in [1.54, 1.807) is 0 Å². The van der Waals surface area contributed by atoms with Gasteiger partial charge >= 0.3 is 0 Å². The molecule has 2 atom stereocenters. The lowest BCUT2D eigenvalue weighted by Crippen LogP contribution is -2.45. The van der Waals surface area contributed by atoms with E-state index in [1.165, 1.54) is 25.9 Å². The lowest BCUT2D eigenvalue weighted by Gasteiger charge is -2.39. The Bertz CT molecular complexity index is 171. The van der Waals surface area contributed by atoms with Gasteiger partial charge in [-0.05, 0) is 57.2 Å². The molecule has 2 nitrogen and oxygen atoms in total. The number of hydrogen-bond acceptors (Lipinski definition) is 2. The van der Waals surface area contributed by atoms with Crippen molar-refractivity contribution in [3.8, 4) is 0 Å². The maximum Gasteiger partial charge on any atom is 0.0105 e. The molecule has 0 aliphatic carbocycles. The van der Waals surface area contributed by atoms with Gasteiger partial charge in [-0.2, -0.15) is 0 Å². The fourth-order valence-electron chi connectivity index (χ4n) is 2.55. The van der Waals surface area contributed by atoms with Gasteiger partial charge in [-0.25, -0.2) is 0 Å². The van der Waals surface area contributed by atoms with Crippen LogP contribution in [0.5, 0.6) is 0 Å². The second kappa shape index (κ2) is 5.86. The summed E-state index contributed by atoms with van der Waals surface area (Å²) in [5.74, 6) is 2.43. The molecule has 0 aromatic heterocycles. The molecule has 15 heavy (non-hydrogen) atoms. The van der Waals surface area contributed by atoms with E-state index in [-0.39, 0.29) is 0 Å². The maximum absolute atomic E-state index is 5.73. The quantitative estimate of drug-likeness (QED) is 0.775. The van der Waals surface area contributed by atoms with Gasteiger partial charge in [0.1, 0.15) is 0 Å². The number of nitrogens with two attached hydrogens (primary N) is 1. The zero-order valence-electron chi connectivity index (χ0n) is 10.9. The first-order chi connectivity index (χ1) is 7.06. The van der Waals surface area contributed by atoms with Crippen LogP contribution in [0.1, 0.15) is 40.5 Å². The van der Waals surface area contributed by atoms with E-state index in [2.05, 4.69) is 32.6 Å². The normalized spacial score (nSPS) is 24.4. The Kier molecular flexibility index (Phi) is 5.07. The fraction of sp³-hybridized carbons (Fsp3) is 1.00. The van der Waals surface area contributed by atoms with Crippen molar-refractivity contribution in [2.24, 2.45) is 23.5 Å². The van der Waals surface area contributed by atoms with Crippen LogP contribution in [0.2, 0.25) is 0 Å². The molecule has 0 radical (unpaired) electrons. The van der Waals surface area contributed by atoms with Crippen LogP contribution in [0.15, 0.2) is 0 Å². The third-order valence-electron chi connectivity index (χ3n) is 4.29. The summed E-state index contributed by atoms with van der Waals surface area (Å²) in [4.78, 5) is 2.62. The van der Waals surface area contributed by atoms with Gasteiger partial charge in [0.2, 0.25) is 0 Å². The van der Waals surface area contributed by atoms with E-state index >= 15 is 0 Å². The first-order valence-electron chi connectivity index (χ1n) is 6.50. The monoisotopic (exact) mass is 212 g/mol. The molecule has 2 N–H and O–H groups in total. The van der Waals surface area contributed by atoms with Gasteiger partial charge in [0.25, 0.3) is 0 Å². The summed E-state index contributed by atoms with van der Waals surface area (Å²) in [5, 5.41) is 0. The molecule has 2 unspecified atom stereocenters. The van der Waals surface area contributed by atoms with Gasteiger partial charge < -0.3 is 10.6 Å². The molecule has 0 aromatic carbocycles. The smallest absolute Gasteiger partial charge is 0.0105 e. The summed E-state index contributed by atoms with van der Waals surface area (Å²) in [7, 11) is 0. The number of hydrogen-bond donors (Lipinski definition) is 1. The van der Waals surface area contributed by atoms with Crippen LogP contribution in [0.3, 0.4) is 0 Å². The van der Waals surface area contributed by atoms with E-state index in [4.69, 9.17) is 5.73 Å². The van der Waals surface area contributed by atoms with Gasteiger partial charge in [-0.15, -0.1) is 0 Å². The van der Waals surface area contributed by atoms with Crippen LogP contribution in [0.25, 0.3) is 0 Å². The number of likely N-dealkylation sites (tertiary alicyclic amines) is 1. The largest absolute Gasteiger partial charge is 0.330 e. The molecule has 1 heterocycles. The van der Waals surface area contributed by atoms with Gasteiger partial charge in [0, 0.05) is 6.04 Å². The minimum absolute atomic E-state index is 0.626. The first-order valence-corrected chi connectivity index (χ1v) is 6.50. The molecule has 0 spiro atoms. The van der Waals surface area contributed by atoms with Crippen molar-refractivity contribution in [3.63, 3.8) is 0 Å². The summed E-state index contributed by atoms with van der Waals surface area (Å²) in [6.45, 7) is 12.7. The van der Waals surface area contributed by atoms with Crippen molar-refractivity contribution in [3.05, 3.63) is 0 Å². The van der Waals surface area contributed by atoms with E-state index < -0.39 is 0 Å². The number of rotatable bonds is 4. The highest BCUT2D eigenvalue weighted by Crippen LogP contribution is 2.26. The minimum Gasteiger partial charge on any atom is -0.330 e. The highest BCUT2D eigenvalue weighted by molar-refractivity contribution is 4.80. The topological polar surface area (TPSA) is 29.3 Å². The highest BCUT2D eigenvalue weighted by Gasteiger charge is 2.26. The Balaban J connectivity index is 2.36. The van der Waals surface area contributed by atoms with Crippen LogP contribution >= 0.6 is 0 Å². The molecular weight excluding hydrogens is 184 g/mol. The molecule has 0 aromatic rings. The molecule has 1 aliphatic heterocycles. The molecular formula is C13H28N2. The molecule has 1 saturated heterocycles. The Morgan fingerprint density at radius 1 is 1.13 bits per heavy atom. The Morgan fingerprint density at radius 3 is 2.07 bits per heavy atom. The second-order valence-corrected chi connectivity index (χ2v) is 5.57. The number of nitrogens with zero attached hydrogens (tertiary/aromatic N) is 1. The number of piperidine rings is 1. The van der Waals surface area contributed by atoms with Crippen LogP contribution < -0.4 is 5.73 Å². The molecule has 0 amide bonds. The van der Waals surface area contributed by atoms with Crippen molar-refractivity contribution < 1.29 is 0 Å². The fourth-order valence-corrected chi connectivity index (χ4v) is 2.55. The molecule has 1 fully saturated rings. The minimum atomic E-state index is 0.626. The lowest BCUT2D eigenvalue weighted by molar-refractivity contribution is 0.0975. The molecule has 1 rings (SSSR count). The summed E-state index contributed by atoms with van der Waals surface area (Å²) >= 11 is 0. The average Bonchev–Trinajstić information content (AvgIpc) is 2.27. The van der Waals surface area contributed by atoms with Gasteiger partial charge in [0.05, 0.1) is 0 Å². The van der Waals surface area contributed by atoms with E-state index in [0.29, 0.717) is 12.0 Å². The van der Waals surface area contributed by atoms with Crippen LogP contribution in [-0.2, 0) is 0 Å². The predicted octanol–water partition coefficient (Wildman–Crippen LogP) is 2.34. The molecule has 0 bridgehead atoms. The Labute approximate surface area is 95.2 Å². The van der Waals surface area contributed by atoms with Crippen LogP contribution in [0, 0.1) is 17.8 Å². The summed E-state index contributed by atoms with van der Waals surface area (Å²) < 4.78 is 0. The third-order valence-corrected chi connectivity index (χ3v) is 4.29. The second-order valence-electron chi connectivity index (χ2n) is 5.57. The molecule has 90 valence electrons. The van der Waals surface area contributed by atoms with E-state index in [1.807, 2.05) is 0 Å². The zero-order chi connectivity index (χ0) is 11.4. The van der Waals surface area contributed by atoms with Crippen LogP contribution in [-0.4, -0.2) is 30.6 Å². The predicted molar refractivity (Wildman–Crippen MR) is 66.8 cm³/mol. The summed E-state index contributed by atoms with van der Waals surface area (Å²) in [5.41, 5.74) is 5.73. The highest BCUT2D eigenvalue weighted by atomic mass is 15.2. The van der Waals surface area contributed by atoms with Crippen molar-refractivity contribution in [1.82, 2.24) is 4.90 Å². The summed E-state index contributed by atoms with van der Waals surface area (Å²) in [6, 6.07) is 0.656. The van der Waals surface area contributed by atoms with E-state index in [9.17, 15) is 0 Å². The van der Waals surface area contributed by atoms with Gasteiger partial charge in [-0.3, -0.25) is 0 Å². The van der Waals surface area contributed by atoms with Crippen molar-refractivity contribution in [2.45, 2.75) is 46.6 Å². The molecule has 1 aliphatic rings. The molecule has 0 saturated carbocycles. The summed E-state index contributed by atoms with van der Waals surface area (Å²) in [6.07, 6.45) is 2.75. The van der Waals surface area contributed by atoms with Gasteiger partial charge in [0.15, 0.2) is 0 Å². The first kappa shape index (κ1) is 13.0. The Morgan fingerprint density at radius 2 is 1.67 bits per heavy atom. The maximum atomic E-state index is 5.73. The van der Waals surface area contributed by atoms with Crippen molar-refractivity contribution >= 4 is 0 Å².